The molecule has 1 N–H and O–H groups in total. The number of halogens is 1. The SMILES string of the molecule is CCOc1cc(/C=C2/SC(=O)N(Cc3cccc(Br)c3)C2=O)ccc1OCC(=O)O. The lowest BCUT2D eigenvalue weighted by molar-refractivity contribution is -0.139. The Morgan fingerprint density at radius 2 is 1.97 bits per heavy atom. The number of hydrogen-bond donors (Lipinski definition) is 1. The summed E-state index contributed by atoms with van der Waals surface area (Å²) in [5.74, 6) is -0.810. The standard InChI is InChI=1S/C21H18BrNO6S/c1-2-28-17-9-13(6-7-16(17)29-12-19(24)25)10-18-20(26)23(21(27)30-18)11-14-4-3-5-15(22)8-14/h3-10H,2,11-12H2,1H3,(H,24,25)/b18-10+. The van der Waals surface area contributed by atoms with Gasteiger partial charge in [-0.25, -0.2) is 4.79 Å². The Morgan fingerprint density at radius 3 is 2.67 bits per heavy atom. The van der Waals surface area contributed by atoms with E-state index < -0.39 is 12.6 Å². The molecule has 2 aromatic rings. The number of benzene rings is 2. The monoisotopic (exact) mass is 491 g/mol. The summed E-state index contributed by atoms with van der Waals surface area (Å²) in [4.78, 5) is 37.3. The van der Waals surface area contributed by atoms with Crippen molar-refractivity contribution in [3.63, 3.8) is 0 Å². The van der Waals surface area contributed by atoms with Crippen molar-refractivity contribution in [3.8, 4) is 11.5 Å². The van der Waals surface area contributed by atoms with Gasteiger partial charge < -0.3 is 14.6 Å². The summed E-state index contributed by atoms with van der Waals surface area (Å²) in [7, 11) is 0. The average Bonchev–Trinajstić information content (AvgIpc) is 2.95. The first kappa shape index (κ1) is 21.9. The molecule has 0 spiro atoms. The lowest BCUT2D eigenvalue weighted by atomic mass is 10.1. The maximum Gasteiger partial charge on any atom is 0.341 e. The smallest absolute Gasteiger partial charge is 0.341 e. The fourth-order valence-electron chi connectivity index (χ4n) is 2.75. The number of imide groups is 1. The van der Waals surface area contributed by atoms with Crippen molar-refractivity contribution in [1.82, 2.24) is 4.90 Å². The molecule has 0 atom stereocenters. The molecule has 3 rings (SSSR count). The van der Waals surface area contributed by atoms with E-state index in [1.54, 1.807) is 31.2 Å². The van der Waals surface area contributed by atoms with Crippen LogP contribution in [0, 0.1) is 0 Å². The molecule has 30 heavy (non-hydrogen) atoms. The summed E-state index contributed by atoms with van der Waals surface area (Å²) in [5.41, 5.74) is 1.47. The Balaban J connectivity index is 1.80. The van der Waals surface area contributed by atoms with E-state index in [9.17, 15) is 14.4 Å². The van der Waals surface area contributed by atoms with E-state index in [1.165, 1.54) is 4.90 Å². The third-order valence-corrected chi connectivity index (χ3v) is 5.42. The van der Waals surface area contributed by atoms with Crippen molar-refractivity contribution in [2.45, 2.75) is 13.5 Å². The third kappa shape index (κ3) is 5.43. The van der Waals surface area contributed by atoms with Crippen molar-refractivity contribution in [1.29, 1.82) is 0 Å². The molecule has 0 bridgehead atoms. The van der Waals surface area contributed by atoms with E-state index in [2.05, 4.69) is 15.9 Å². The van der Waals surface area contributed by atoms with E-state index in [0.29, 0.717) is 28.6 Å². The largest absolute Gasteiger partial charge is 0.490 e. The summed E-state index contributed by atoms with van der Waals surface area (Å²) in [6.07, 6.45) is 1.61. The van der Waals surface area contributed by atoms with E-state index >= 15 is 0 Å². The molecule has 2 aromatic carbocycles. The predicted molar refractivity (Wildman–Crippen MR) is 116 cm³/mol. The number of thioether (sulfide) groups is 1. The fourth-order valence-corrected chi connectivity index (χ4v) is 4.03. The molecule has 1 heterocycles. The van der Waals surface area contributed by atoms with Crippen molar-refractivity contribution in [2.24, 2.45) is 0 Å². The van der Waals surface area contributed by atoms with Crippen molar-refractivity contribution < 1.29 is 29.0 Å². The second-order valence-corrected chi connectivity index (χ2v) is 8.13. The minimum atomic E-state index is -1.10. The Morgan fingerprint density at radius 1 is 1.17 bits per heavy atom. The summed E-state index contributed by atoms with van der Waals surface area (Å²) >= 11 is 4.26. The van der Waals surface area contributed by atoms with E-state index in [1.807, 2.05) is 24.3 Å². The van der Waals surface area contributed by atoms with Crippen LogP contribution in [0.5, 0.6) is 11.5 Å². The van der Waals surface area contributed by atoms with E-state index in [0.717, 1.165) is 21.8 Å². The summed E-state index contributed by atoms with van der Waals surface area (Å²) in [5, 5.41) is 8.45. The van der Waals surface area contributed by atoms with Crippen LogP contribution >= 0.6 is 27.7 Å². The number of hydrogen-bond acceptors (Lipinski definition) is 6. The number of amides is 2. The molecule has 0 saturated carbocycles. The number of ether oxygens (including phenoxy) is 2. The highest BCUT2D eigenvalue weighted by molar-refractivity contribution is 9.10. The molecular formula is C21H18BrNO6S. The fraction of sp³-hybridized carbons (Fsp3) is 0.190. The lowest BCUT2D eigenvalue weighted by Crippen LogP contribution is -2.27. The molecule has 0 aromatic heterocycles. The number of carboxylic acid groups (broad SMARTS) is 1. The number of carbonyl (C=O) groups excluding carboxylic acids is 2. The minimum Gasteiger partial charge on any atom is -0.490 e. The molecule has 9 heteroatoms. The van der Waals surface area contributed by atoms with Crippen LogP contribution in [0.3, 0.4) is 0 Å². The molecule has 1 saturated heterocycles. The van der Waals surface area contributed by atoms with Gasteiger partial charge in [0.2, 0.25) is 0 Å². The molecular weight excluding hydrogens is 474 g/mol. The van der Waals surface area contributed by atoms with Crippen molar-refractivity contribution in [2.75, 3.05) is 13.2 Å². The molecule has 0 radical (unpaired) electrons. The first-order valence-electron chi connectivity index (χ1n) is 8.98. The summed E-state index contributed by atoms with van der Waals surface area (Å²) in [6.45, 7) is 1.85. The van der Waals surface area contributed by atoms with Crippen molar-refractivity contribution in [3.05, 3.63) is 63.0 Å². The zero-order chi connectivity index (χ0) is 21.7. The van der Waals surface area contributed by atoms with Crippen LogP contribution in [0.25, 0.3) is 6.08 Å². The quantitative estimate of drug-likeness (QED) is 0.541. The maximum atomic E-state index is 12.7. The normalized spacial score (nSPS) is 15.0. The van der Waals surface area contributed by atoms with Gasteiger partial charge in [-0.15, -0.1) is 0 Å². The highest BCUT2D eigenvalue weighted by Gasteiger charge is 2.35. The van der Waals surface area contributed by atoms with Gasteiger partial charge in [-0.1, -0.05) is 34.1 Å². The third-order valence-electron chi connectivity index (χ3n) is 4.02. The minimum absolute atomic E-state index is 0.188. The number of rotatable bonds is 8. The van der Waals surface area contributed by atoms with Crippen molar-refractivity contribution >= 4 is 50.9 Å². The molecule has 1 aliphatic heterocycles. The van der Waals surface area contributed by atoms with Crippen LogP contribution in [0.4, 0.5) is 4.79 Å². The number of nitrogens with zero attached hydrogens (tertiary/aromatic N) is 1. The van der Waals surface area contributed by atoms with Crippen LogP contribution in [0.2, 0.25) is 0 Å². The second kappa shape index (κ2) is 9.82. The van der Waals surface area contributed by atoms with Gasteiger partial charge >= 0.3 is 5.97 Å². The zero-order valence-corrected chi connectivity index (χ0v) is 18.4. The van der Waals surface area contributed by atoms with E-state index in [4.69, 9.17) is 14.6 Å². The highest BCUT2D eigenvalue weighted by Crippen LogP contribution is 2.35. The molecule has 0 unspecified atom stereocenters. The van der Waals surface area contributed by atoms with Crippen LogP contribution in [-0.2, 0) is 16.1 Å². The lowest BCUT2D eigenvalue weighted by Gasteiger charge is -2.13. The molecule has 156 valence electrons. The van der Waals surface area contributed by atoms with Gasteiger partial charge in [-0.05, 0) is 60.2 Å². The first-order valence-corrected chi connectivity index (χ1v) is 10.6. The maximum absolute atomic E-state index is 12.7. The molecule has 0 aliphatic carbocycles. The van der Waals surface area contributed by atoms with Crippen LogP contribution in [-0.4, -0.2) is 40.3 Å². The van der Waals surface area contributed by atoms with Gasteiger partial charge in [0.05, 0.1) is 18.1 Å². The number of carboxylic acids is 1. The average molecular weight is 492 g/mol. The van der Waals surface area contributed by atoms with Gasteiger partial charge in [-0.3, -0.25) is 14.5 Å². The summed E-state index contributed by atoms with van der Waals surface area (Å²) in [6, 6.07) is 12.3. The van der Waals surface area contributed by atoms with Gasteiger partial charge in [0, 0.05) is 4.47 Å². The number of aliphatic carboxylic acids is 1. The Bertz CT molecular complexity index is 1020. The van der Waals surface area contributed by atoms with Gasteiger partial charge in [0.1, 0.15) is 0 Å². The van der Waals surface area contributed by atoms with Gasteiger partial charge in [-0.2, -0.15) is 0 Å². The molecule has 1 fully saturated rings. The molecule has 7 nitrogen and oxygen atoms in total. The molecule has 1 aliphatic rings. The molecule has 2 amide bonds. The van der Waals surface area contributed by atoms with Crippen LogP contribution < -0.4 is 9.47 Å². The van der Waals surface area contributed by atoms with Crippen LogP contribution in [0.1, 0.15) is 18.1 Å². The zero-order valence-electron chi connectivity index (χ0n) is 16.0. The highest BCUT2D eigenvalue weighted by atomic mass is 79.9. The number of carbonyl (C=O) groups is 3. The van der Waals surface area contributed by atoms with Crippen LogP contribution in [0.15, 0.2) is 51.8 Å². The Labute approximate surface area is 185 Å². The second-order valence-electron chi connectivity index (χ2n) is 6.22. The topological polar surface area (TPSA) is 93.1 Å². The summed E-state index contributed by atoms with van der Waals surface area (Å²) < 4.78 is 11.6. The predicted octanol–water partition coefficient (Wildman–Crippen LogP) is 4.55. The van der Waals surface area contributed by atoms with E-state index in [-0.39, 0.29) is 17.7 Å². The van der Waals surface area contributed by atoms with Gasteiger partial charge in [0.25, 0.3) is 11.1 Å². The van der Waals surface area contributed by atoms with Gasteiger partial charge in [0.15, 0.2) is 18.1 Å². The first-order chi connectivity index (χ1) is 14.4. The Hall–Kier alpha value is -2.78. The Kier molecular flexibility index (Phi) is 7.17.